The molecule has 0 unspecified atom stereocenters. The molecule has 2 rings (SSSR count). The normalized spacial score (nSPS) is 10.3. The van der Waals surface area contributed by atoms with Crippen LogP contribution in [0.1, 0.15) is 110 Å². The number of ether oxygens (including phenoxy) is 2. The molecule has 0 radical (unpaired) electrons. The first-order valence-electron chi connectivity index (χ1n) is 12.7. The van der Waals surface area contributed by atoms with Crippen molar-refractivity contribution in [3.8, 4) is 11.8 Å². The molecule has 182 valence electrons. The Morgan fingerprint density at radius 2 is 0.971 bits per heavy atom. The van der Waals surface area contributed by atoms with Crippen molar-refractivity contribution in [2.75, 3.05) is 13.2 Å². The standard InChI is InChI=1S/C30H38O4/c1-3-5-7-9-15-23-33-29(31)27-19-13-11-17-25(27)21-22-26-18-12-14-20-28(26)30(32)34-24-16-10-8-6-4-2/h11-14,17-20H,3-10,15-16,23-24H2,1-2H3. The minimum atomic E-state index is -0.365. The molecule has 0 heterocycles. The number of unbranched alkanes of at least 4 members (excludes halogenated alkanes) is 8. The summed E-state index contributed by atoms with van der Waals surface area (Å²) in [7, 11) is 0. The molecular formula is C30H38O4. The van der Waals surface area contributed by atoms with Crippen molar-refractivity contribution < 1.29 is 19.1 Å². The molecule has 4 heteroatoms. The highest BCUT2D eigenvalue weighted by molar-refractivity contribution is 5.93. The highest BCUT2D eigenvalue weighted by Gasteiger charge is 2.13. The molecule has 0 aliphatic rings. The summed E-state index contributed by atoms with van der Waals surface area (Å²) in [5.74, 6) is 5.38. The van der Waals surface area contributed by atoms with Crippen LogP contribution in [0, 0.1) is 11.8 Å². The van der Waals surface area contributed by atoms with Crippen LogP contribution < -0.4 is 0 Å². The third kappa shape index (κ3) is 9.83. The number of esters is 2. The molecule has 0 N–H and O–H groups in total. The molecule has 0 bridgehead atoms. The van der Waals surface area contributed by atoms with Crippen molar-refractivity contribution in [1.82, 2.24) is 0 Å². The summed E-state index contributed by atoms with van der Waals surface area (Å²) in [6.07, 6.45) is 11.0. The summed E-state index contributed by atoms with van der Waals surface area (Å²) in [5.41, 5.74) is 2.04. The number of carbonyl (C=O) groups is 2. The van der Waals surface area contributed by atoms with Crippen LogP contribution in [0.15, 0.2) is 48.5 Å². The fraction of sp³-hybridized carbons (Fsp3) is 0.467. The van der Waals surface area contributed by atoms with E-state index in [1.165, 1.54) is 25.7 Å². The van der Waals surface area contributed by atoms with Gasteiger partial charge in [-0.25, -0.2) is 9.59 Å². The van der Waals surface area contributed by atoms with Gasteiger partial charge in [-0.3, -0.25) is 0 Å². The number of hydrogen-bond donors (Lipinski definition) is 0. The molecular weight excluding hydrogens is 424 g/mol. The monoisotopic (exact) mass is 462 g/mol. The van der Waals surface area contributed by atoms with E-state index in [-0.39, 0.29) is 11.9 Å². The van der Waals surface area contributed by atoms with Crippen LogP contribution in [0.2, 0.25) is 0 Å². The Morgan fingerprint density at radius 1 is 0.588 bits per heavy atom. The Hall–Kier alpha value is -3.06. The molecule has 0 amide bonds. The lowest BCUT2D eigenvalue weighted by Gasteiger charge is -2.07. The molecule has 0 saturated heterocycles. The van der Waals surface area contributed by atoms with E-state index in [1.807, 2.05) is 12.1 Å². The Kier molecular flexibility index (Phi) is 13.2. The summed E-state index contributed by atoms with van der Waals surface area (Å²) < 4.78 is 10.9. The molecule has 34 heavy (non-hydrogen) atoms. The fourth-order valence-electron chi connectivity index (χ4n) is 3.57. The van der Waals surface area contributed by atoms with Gasteiger partial charge in [0.1, 0.15) is 0 Å². The first-order chi connectivity index (χ1) is 16.7. The highest BCUT2D eigenvalue weighted by Crippen LogP contribution is 2.13. The van der Waals surface area contributed by atoms with E-state index >= 15 is 0 Å². The number of carbonyl (C=O) groups excluding carboxylic acids is 2. The number of benzene rings is 2. The Balaban J connectivity index is 2.01. The minimum absolute atomic E-state index is 0.365. The highest BCUT2D eigenvalue weighted by atomic mass is 16.5. The summed E-state index contributed by atoms with van der Waals surface area (Å²) in [6, 6.07) is 14.3. The van der Waals surface area contributed by atoms with Gasteiger partial charge in [0.05, 0.1) is 24.3 Å². The largest absolute Gasteiger partial charge is 0.462 e. The van der Waals surface area contributed by atoms with E-state index in [9.17, 15) is 9.59 Å². The number of rotatable bonds is 14. The SMILES string of the molecule is CCCCCCCOC(=O)c1ccccc1C#Cc1ccccc1C(=O)OCCCCCCC. The van der Waals surface area contributed by atoms with Crippen LogP contribution in [0.3, 0.4) is 0 Å². The van der Waals surface area contributed by atoms with Crippen LogP contribution in [-0.4, -0.2) is 25.2 Å². The molecule has 0 spiro atoms. The third-order valence-electron chi connectivity index (χ3n) is 5.59. The van der Waals surface area contributed by atoms with Crippen molar-refractivity contribution in [2.24, 2.45) is 0 Å². The quantitative estimate of drug-likeness (QED) is 0.167. The second kappa shape index (κ2) is 16.5. The maximum atomic E-state index is 12.6. The van der Waals surface area contributed by atoms with Crippen LogP contribution in [0.5, 0.6) is 0 Å². The van der Waals surface area contributed by atoms with Crippen molar-refractivity contribution in [3.63, 3.8) is 0 Å². The molecule has 2 aromatic carbocycles. The third-order valence-corrected chi connectivity index (χ3v) is 5.59. The van der Waals surface area contributed by atoms with Gasteiger partial charge in [0.15, 0.2) is 0 Å². The van der Waals surface area contributed by atoms with Gasteiger partial charge < -0.3 is 9.47 Å². The average molecular weight is 463 g/mol. The molecule has 0 atom stereocenters. The Morgan fingerprint density at radius 3 is 1.38 bits per heavy atom. The molecule has 0 aliphatic carbocycles. The van der Waals surface area contributed by atoms with Crippen molar-refractivity contribution >= 4 is 11.9 Å². The first kappa shape index (κ1) is 27.2. The molecule has 0 fully saturated rings. The zero-order chi connectivity index (χ0) is 24.4. The average Bonchev–Trinajstić information content (AvgIpc) is 2.87. The van der Waals surface area contributed by atoms with Gasteiger partial charge in [0, 0.05) is 11.1 Å². The van der Waals surface area contributed by atoms with Crippen LogP contribution in [0.25, 0.3) is 0 Å². The van der Waals surface area contributed by atoms with Gasteiger partial charge in [-0.1, -0.05) is 101 Å². The second-order valence-corrected chi connectivity index (χ2v) is 8.44. The zero-order valence-electron chi connectivity index (χ0n) is 20.7. The van der Waals surface area contributed by atoms with E-state index < -0.39 is 0 Å². The summed E-state index contributed by atoms with van der Waals surface area (Å²) in [4.78, 5) is 25.2. The van der Waals surface area contributed by atoms with E-state index in [1.54, 1.807) is 36.4 Å². The first-order valence-corrected chi connectivity index (χ1v) is 12.7. The summed E-state index contributed by atoms with van der Waals surface area (Å²) >= 11 is 0. The lowest BCUT2D eigenvalue weighted by atomic mass is 10.1. The van der Waals surface area contributed by atoms with E-state index in [2.05, 4.69) is 25.7 Å². The predicted octanol–water partition coefficient (Wildman–Crippen LogP) is 7.34. The van der Waals surface area contributed by atoms with E-state index in [0.717, 1.165) is 38.5 Å². The van der Waals surface area contributed by atoms with Crippen LogP contribution >= 0.6 is 0 Å². The van der Waals surface area contributed by atoms with Crippen molar-refractivity contribution in [2.45, 2.75) is 78.1 Å². The van der Waals surface area contributed by atoms with Crippen LogP contribution in [-0.2, 0) is 9.47 Å². The maximum Gasteiger partial charge on any atom is 0.339 e. The fourth-order valence-corrected chi connectivity index (χ4v) is 3.57. The van der Waals surface area contributed by atoms with Gasteiger partial charge in [0.25, 0.3) is 0 Å². The smallest absolute Gasteiger partial charge is 0.339 e. The maximum absolute atomic E-state index is 12.6. The summed E-state index contributed by atoms with van der Waals surface area (Å²) in [5, 5.41) is 0. The minimum Gasteiger partial charge on any atom is -0.462 e. The van der Waals surface area contributed by atoms with Gasteiger partial charge in [-0.2, -0.15) is 0 Å². The van der Waals surface area contributed by atoms with Crippen LogP contribution in [0.4, 0.5) is 0 Å². The zero-order valence-corrected chi connectivity index (χ0v) is 20.7. The molecule has 0 aromatic heterocycles. The van der Waals surface area contributed by atoms with E-state index in [0.29, 0.717) is 35.5 Å². The lowest BCUT2D eigenvalue weighted by Crippen LogP contribution is -2.09. The Labute approximate surface area is 205 Å². The lowest BCUT2D eigenvalue weighted by molar-refractivity contribution is 0.0488. The predicted molar refractivity (Wildman–Crippen MR) is 137 cm³/mol. The van der Waals surface area contributed by atoms with Crippen molar-refractivity contribution in [1.29, 1.82) is 0 Å². The summed E-state index contributed by atoms with van der Waals surface area (Å²) in [6.45, 7) is 5.18. The van der Waals surface area contributed by atoms with Gasteiger partial charge in [-0.05, 0) is 37.1 Å². The van der Waals surface area contributed by atoms with Gasteiger partial charge in [-0.15, -0.1) is 0 Å². The number of hydrogen-bond acceptors (Lipinski definition) is 4. The molecule has 0 saturated carbocycles. The topological polar surface area (TPSA) is 52.6 Å². The Bertz CT molecular complexity index is 876. The molecule has 0 aliphatic heterocycles. The van der Waals surface area contributed by atoms with Gasteiger partial charge >= 0.3 is 11.9 Å². The van der Waals surface area contributed by atoms with E-state index in [4.69, 9.17) is 9.47 Å². The second-order valence-electron chi connectivity index (χ2n) is 8.44. The molecule has 4 nitrogen and oxygen atoms in total. The van der Waals surface area contributed by atoms with Gasteiger partial charge in [0.2, 0.25) is 0 Å². The molecule has 2 aromatic rings. The van der Waals surface area contributed by atoms with Crippen molar-refractivity contribution in [3.05, 3.63) is 70.8 Å².